The number of amides is 1. The Morgan fingerprint density at radius 2 is 2.13 bits per heavy atom. The minimum atomic E-state index is -0.291. The third-order valence-electron chi connectivity index (χ3n) is 7.94. The van der Waals surface area contributed by atoms with Crippen molar-refractivity contribution in [2.45, 2.75) is 71.0 Å². The molecule has 6 rings (SSSR count). The van der Waals surface area contributed by atoms with Gasteiger partial charge in [0.25, 0.3) is 5.91 Å². The van der Waals surface area contributed by atoms with Gasteiger partial charge in [0.05, 0.1) is 19.1 Å². The maximum absolute atomic E-state index is 14.3. The van der Waals surface area contributed by atoms with Gasteiger partial charge in [-0.1, -0.05) is 30.2 Å². The second kappa shape index (κ2) is 9.97. The van der Waals surface area contributed by atoms with Crippen LogP contribution in [0, 0.1) is 11.8 Å². The zero-order chi connectivity index (χ0) is 26.4. The number of amidine groups is 1. The number of nitrogens with zero attached hydrogens (tertiary/aromatic N) is 6. The van der Waals surface area contributed by atoms with Gasteiger partial charge in [-0.05, 0) is 39.2 Å². The molecule has 5 aliphatic rings. The molecule has 10 nitrogen and oxygen atoms in total. The number of carbonyl (C=O) groups excluding carboxylic acids is 1. The van der Waals surface area contributed by atoms with E-state index in [1.807, 2.05) is 16.4 Å². The van der Waals surface area contributed by atoms with Gasteiger partial charge in [0.2, 0.25) is 5.95 Å². The Hall–Kier alpha value is -3.55. The van der Waals surface area contributed by atoms with E-state index < -0.39 is 0 Å². The van der Waals surface area contributed by atoms with E-state index in [1.54, 1.807) is 0 Å². The molecule has 10 heteroatoms. The van der Waals surface area contributed by atoms with Gasteiger partial charge < -0.3 is 20.9 Å². The van der Waals surface area contributed by atoms with E-state index in [1.165, 1.54) is 5.57 Å². The number of imidazole rings is 1. The van der Waals surface area contributed by atoms with Crippen molar-refractivity contribution in [2.75, 3.05) is 36.0 Å². The van der Waals surface area contributed by atoms with E-state index in [4.69, 9.17) is 15.7 Å². The predicted molar refractivity (Wildman–Crippen MR) is 150 cm³/mol. The van der Waals surface area contributed by atoms with E-state index in [0.717, 1.165) is 62.2 Å². The summed E-state index contributed by atoms with van der Waals surface area (Å²) in [5, 5.41) is 7.12. The number of hydrogen-bond donors (Lipinski definition) is 3. The first-order valence-electron chi connectivity index (χ1n) is 13.7. The molecule has 4 unspecified atom stereocenters. The molecule has 1 amide bonds. The Labute approximate surface area is 224 Å². The first-order chi connectivity index (χ1) is 18.4. The average Bonchev–Trinajstić information content (AvgIpc) is 3.32. The van der Waals surface area contributed by atoms with Gasteiger partial charge in [0.15, 0.2) is 17.8 Å². The molecule has 4 aliphatic heterocycles. The maximum atomic E-state index is 14.3. The average molecular weight is 516 g/mol. The van der Waals surface area contributed by atoms with Gasteiger partial charge in [0.1, 0.15) is 5.84 Å². The molecule has 1 aromatic heterocycles. The molecule has 0 saturated carbocycles. The molecule has 2 fully saturated rings. The molecule has 200 valence electrons. The molecule has 38 heavy (non-hydrogen) atoms. The highest BCUT2D eigenvalue weighted by atomic mass is 16.2. The predicted octanol–water partition coefficient (Wildman–Crippen LogP) is 1.53. The quantitative estimate of drug-likeness (QED) is 0.522. The van der Waals surface area contributed by atoms with Gasteiger partial charge in [-0.2, -0.15) is 4.98 Å². The normalized spacial score (nSPS) is 28.3. The molecule has 1 aromatic rings. The molecule has 0 aromatic carbocycles. The highest BCUT2D eigenvalue weighted by Gasteiger charge is 2.47. The summed E-state index contributed by atoms with van der Waals surface area (Å²) in [6, 6.07) is 0.348. The van der Waals surface area contributed by atoms with Crippen LogP contribution < -0.4 is 26.2 Å². The lowest BCUT2D eigenvalue weighted by atomic mass is 10.1. The number of nitrogens with one attached hydrogen (secondary N) is 2. The Morgan fingerprint density at radius 1 is 1.26 bits per heavy atom. The van der Waals surface area contributed by atoms with Crippen LogP contribution in [-0.4, -0.2) is 76.8 Å². The number of aromatic nitrogens is 2. The van der Waals surface area contributed by atoms with Crippen molar-refractivity contribution in [3.05, 3.63) is 41.3 Å². The van der Waals surface area contributed by atoms with Crippen molar-refractivity contribution >= 4 is 23.5 Å². The van der Waals surface area contributed by atoms with Crippen LogP contribution in [-0.2, 0) is 6.54 Å². The Morgan fingerprint density at radius 3 is 2.95 bits per heavy atom. The van der Waals surface area contributed by atoms with Crippen molar-refractivity contribution in [2.24, 2.45) is 10.7 Å². The summed E-state index contributed by atoms with van der Waals surface area (Å²) >= 11 is 0. The summed E-state index contributed by atoms with van der Waals surface area (Å²) in [6.45, 7) is 9.18. The first kappa shape index (κ1) is 24.8. The molecular formula is C28H37N9O. The van der Waals surface area contributed by atoms with E-state index >= 15 is 0 Å². The molecule has 0 radical (unpaired) electrons. The smallest absolute Gasteiger partial charge is 0.277 e. The lowest BCUT2D eigenvalue weighted by Crippen LogP contribution is -2.59. The fourth-order valence-corrected chi connectivity index (χ4v) is 6.10. The van der Waals surface area contributed by atoms with Crippen LogP contribution in [0.3, 0.4) is 0 Å². The monoisotopic (exact) mass is 515 g/mol. The number of fused-ring (bicyclic) bond motifs is 5. The first-order valence-corrected chi connectivity index (χ1v) is 13.7. The SMILES string of the molecule is CC#CCn1c(N2CCCC(N)C2)nc2c1C(=O)N(CC1=NC3C=CC=CC(=C(C)N1)C3)C1NC(C)CN21. The van der Waals surface area contributed by atoms with Crippen molar-refractivity contribution in [3.8, 4) is 11.8 Å². The Bertz CT molecular complexity index is 1310. The molecule has 5 heterocycles. The van der Waals surface area contributed by atoms with E-state index in [9.17, 15) is 4.79 Å². The molecule has 2 saturated heterocycles. The fraction of sp³-hybridized carbons (Fsp3) is 0.536. The van der Waals surface area contributed by atoms with Crippen LogP contribution >= 0.6 is 0 Å². The third kappa shape index (κ3) is 4.40. The van der Waals surface area contributed by atoms with Gasteiger partial charge in [-0.15, -0.1) is 5.92 Å². The highest BCUT2D eigenvalue weighted by Crippen LogP contribution is 2.36. The standard InChI is InChI=1S/C28H37N9O/c1-4-5-13-35-24-25(33-27(35)34-12-8-10-21(29)16-34)36-15-18(2)30-28(36)37(26(24)38)17-23-31-19(3)20-9-6-7-11-22(14-20)32-23/h6-7,9,11,18,21-22,28,30H,8,10,12-17,29H2,1-3H3,(H,31,32). The lowest BCUT2D eigenvalue weighted by molar-refractivity contribution is 0.0662. The molecular weight excluding hydrogens is 478 g/mol. The number of piperidine rings is 1. The summed E-state index contributed by atoms with van der Waals surface area (Å²) in [5.74, 6) is 8.42. The second-order valence-electron chi connectivity index (χ2n) is 10.8. The minimum absolute atomic E-state index is 0.0437. The largest absolute Gasteiger partial charge is 0.346 e. The van der Waals surface area contributed by atoms with Crippen LogP contribution in [0.5, 0.6) is 0 Å². The molecule has 1 aliphatic carbocycles. The zero-order valence-electron chi connectivity index (χ0n) is 22.4. The van der Waals surface area contributed by atoms with E-state index in [-0.39, 0.29) is 30.3 Å². The van der Waals surface area contributed by atoms with Crippen LogP contribution in [0.15, 0.2) is 40.6 Å². The molecule has 2 bridgehead atoms. The van der Waals surface area contributed by atoms with Crippen molar-refractivity contribution in [1.29, 1.82) is 0 Å². The summed E-state index contributed by atoms with van der Waals surface area (Å²) < 4.78 is 2.00. The molecule has 4 N–H and O–H groups in total. The Balaban J connectivity index is 1.39. The minimum Gasteiger partial charge on any atom is -0.346 e. The topological polar surface area (TPSA) is 107 Å². The summed E-state index contributed by atoms with van der Waals surface area (Å²) in [7, 11) is 0. The fourth-order valence-electron chi connectivity index (χ4n) is 6.10. The van der Waals surface area contributed by atoms with Gasteiger partial charge in [-0.25, -0.2) is 0 Å². The second-order valence-corrected chi connectivity index (χ2v) is 10.8. The highest BCUT2D eigenvalue weighted by molar-refractivity contribution is 6.03. The number of carbonyl (C=O) groups is 1. The molecule has 0 spiro atoms. The van der Waals surface area contributed by atoms with Crippen LogP contribution in [0.25, 0.3) is 0 Å². The number of anilines is 2. The lowest BCUT2D eigenvalue weighted by Gasteiger charge is -2.39. The summed E-state index contributed by atoms with van der Waals surface area (Å²) in [4.78, 5) is 30.8. The number of allylic oxidation sites excluding steroid dienone is 4. The zero-order valence-corrected chi connectivity index (χ0v) is 22.4. The van der Waals surface area contributed by atoms with E-state index in [0.29, 0.717) is 18.8 Å². The summed E-state index contributed by atoms with van der Waals surface area (Å²) in [6.07, 6.45) is 10.9. The van der Waals surface area contributed by atoms with Gasteiger partial charge >= 0.3 is 0 Å². The number of aliphatic imine (C=N–C) groups is 1. The van der Waals surface area contributed by atoms with Gasteiger partial charge in [-0.3, -0.25) is 24.6 Å². The molecule has 4 atom stereocenters. The van der Waals surface area contributed by atoms with Crippen LogP contribution in [0.1, 0.15) is 50.5 Å². The number of hydrogen-bond acceptors (Lipinski definition) is 8. The maximum Gasteiger partial charge on any atom is 0.277 e. The third-order valence-corrected chi connectivity index (χ3v) is 7.94. The van der Waals surface area contributed by atoms with Crippen molar-refractivity contribution in [3.63, 3.8) is 0 Å². The van der Waals surface area contributed by atoms with Crippen LogP contribution in [0.2, 0.25) is 0 Å². The van der Waals surface area contributed by atoms with Gasteiger partial charge in [0, 0.05) is 43.8 Å². The number of nitrogens with two attached hydrogens (primary N) is 1. The van der Waals surface area contributed by atoms with Crippen molar-refractivity contribution < 1.29 is 4.79 Å². The van der Waals surface area contributed by atoms with Crippen LogP contribution in [0.4, 0.5) is 11.8 Å². The van der Waals surface area contributed by atoms with E-state index in [2.05, 4.69) is 70.4 Å². The summed E-state index contributed by atoms with van der Waals surface area (Å²) in [5.41, 5.74) is 9.24. The Kier molecular flexibility index (Phi) is 6.50. The van der Waals surface area contributed by atoms with Crippen molar-refractivity contribution in [1.82, 2.24) is 25.1 Å². The number of rotatable bonds is 4.